The first-order valence-electron chi connectivity index (χ1n) is 6.66. The van der Waals surface area contributed by atoms with Crippen LogP contribution in [0.25, 0.3) is 0 Å². The van der Waals surface area contributed by atoms with Crippen molar-refractivity contribution in [3.8, 4) is 0 Å². The first-order chi connectivity index (χ1) is 9.43. The zero-order valence-electron chi connectivity index (χ0n) is 11.5. The maximum atomic E-state index is 11.9. The molecule has 0 saturated carbocycles. The van der Waals surface area contributed by atoms with Crippen LogP contribution in [0.2, 0.25) is 0 Å². The Bertz CT molecular complexity index is 366. The van der Waals surface area contributed by atoms with Crippen molar-refractivity contribution < 1.29 is 24.6 Å². The van der Waals surface area contributed by atoms with Gasteiger partial charge >= 0.3 is 18.0 Å². The maximum absolute atomic E-state index is 11.9. The van der Waals surface area contributed by atoms with Crippen LogP contribution in [-0.2, 0) is 9.59 Å². The van der Waals surface area contributed by atoms with Gasteiger partial charge in [0.05, 0.1) is 6.42 Å². The quantitative estimate of drug-likeness (QED) is 0.616. The van der Waals surface area contributed by atoms with Gasteiger partial charge in [0.15, 0.2) is 0 Å². The van der Waals surface area contributed by atoms with E-state index in [2.05, 4.69) is 17.1 Å². The molecule has 0 aromatic heterocycles. The van der Waals surface area contributed by atoms with Gasteiger partial charge in [0.1, 0.15) is 6.04 Å². The number of aliphatic carboxylic acids is 2. The predicted octanol–water partition coefficient (Wildman–Crippen LogP) is -0.348. The number of hydrogen-bond acceptors (Lipinski definition) is 4. The van der Waals surface area contributed by atoms with Crippen LogP contribution in [0.3, 0.4) is 0 Å². The SMILES string of the molecule is CCCN1CCN(C(=O)N[C@H](CC(=O)O)C(=O)O)CC1. The van der Waals surface area contributed by atoms with Crippen LogP contribution in [0.5, 0.6) is 0 Å². The van der Waals surface area contributed by atoms with E-state index in [0.717, 1.165) is 26.1 Å². The molecule has 0 aromatic carbocycles. The lowest BCUT2D eigenvalue weighted by atomic mass is 10.2. The lowest BCUT2D eigenvalue weighted by Crippen LogP contribution is -2.55. The smallest absolute Gasteiger partial charge is 0.326 e. The summed E-state index contributed by atoms with van der Waals surface area (Å²) in [4.78, 5) is 37.1. The third kappa shape index (κ3) is 5.04. The minimum atomic E-state index is -1.39. The second-order valence-corrected chi connectivity index (χ2v) is 4.77. The van der Waals surface area contributed by atoms with Gasteiger partial charge in [-0.1, -0.05) is 6.92 Å². The Kier molecular flexibility index (Phi) is 6.23. The Morgan fingerprint density at radius 3 is 2.20 bits per heavy atom. The van der Waals surface area contributed by atoms with E-state index in [1.807, 2.05) is 0 Å². The Labute approximate surface area is 117 Å². The monoisotopic (exact) mass is 287 g/mol. The van der Waals surface area contributed by atoms with Gasteiger partial charge in [0.2, 0.25) is 0 Å². The van der Waals surface area contributed by atoms with Crippen LogP contribution in [-0.4, -0.2) is 76.7 Å². The number of carbonyl (C=O) groups is 3. The number of carboxylic acid groups (broad SMARTS) is 2. The van der Waals surface area contributed by atoms with Gasteiger partial charge in [-0.25, -0.2) is 9.59 Å². The van der Waals surface area contributed by atoms with Crippen molar-refractivity contribution in [2.24, 2.45) is 0 Å². The van der Waals surface area contributed by atoms with Gasteiger partial charge in [-0.2, -0.15) is 0 Å². The predicted molar refractivity (Wildman–Crippen MR) is 70.5 cm³/mol. The van der Waals surface area contributed by atoms with Crippen LogP contribution < -0.4 is 5.32 Å². The molecule has 0 unspecified atom stereocenters. The molecule has 1 aliphatic rings. The zero-order valence-corrected chi connectivity index (χ0v) is 11.5. The molecular weight excluding hydrogens is 266 g/mol. The summed E-state index contributed by atoms with van der Waals surface area (Å²) >= 11 is 0. The fraction of sp³-hybridized carbons (Fsp3) is 0.750. The maximum Gasteiger partial charge on any atom is 0.326 e. The third-order valence-corrected chi connectivity index (χ3v) is 3.17. The first kappa shape index (κ1) is 16.2. The highest BCUT2D eigenvalue weighted by molar-refractivity contribution is 5.86. The van der Waals surface area contributed by atoms with E-state index in [4.69, 9.17) is 10.2 Å². The van der Waals surface area contributed by atoms with Crippen LogP contribution in [0.1, 0.15) is 19.8 Å². The third-order valence-electron chi connectivity index (χ3n) is 3.17. The Hall–Kier alpha value is -1.83. The molecule has 8 heteroatoms. The molecule has 3 N–H and O–H groups in total. The molecule has 1 atom stereocenters. The summed E-state index contributed by atoms with van der Waals surface area (Å²) in [7, 11) is 0. The van der Waals surface area contributed by atoms with Crippen molar-refractivity contribution in [3.05, 3.63) is 0 Å². The summed E-state index contributed by atoms with van der Waals surface area (Å²) < 4.78 is 0. The molecule has 0 bridgehead atoms. The summed E-state index contributed by atoms with van der Waals surface area (Å²) in [5.41, 5.74) is 0. The number of urea groups is 1. The van der Waals surface area contributed by atoms with Gasteiger partial charge < -0.3 is 20.4 Å². The second-order valence-electron chi connectivity index (χ2n) is 4.77. The molecule has 1 fully saturated rings. The van der Waals surface area contributed by atoms with Gasteiger partial charge in [-0.05, 0) is 13.0 Å². The van der Waals surface area contributed by atoms with E-state index < -0.39 is 30.4 Å². The number of hydrogen-bond donors (Lipinski definition) is 3. The molecule has 2 amide bonds. The molecule has 0 aliphatic carbocycles. The lowest BCUT2D eigenvalue weighted by Gasteiger charge is -2.34. The molecule has 1 aliphatic heterocycles. The van der Waals surface area contributed by atoms with Crippen molar-refractivity contribution in [2.75, 3.05) is 32.7 Å². The van der Waals surface area contributed by atoms with Crippen LogP contribution in [0, 0.1) is 0 Å². The normalized spacial score (nSPS) is 17.6. The highest BCUT2D eigenvalue weighted by Gasteiger charge is 2.27. The summed E-state index contributed by atoms with van der Waals surface area (Å²) in [5.74, 6) is -2.60. The summed E-state index contributed by atoms with van der Waals surface area (Å²) in [6.07, 6.45) is 0.419. The van der Waals surface area contributed by atoms with E-state index in [1.54, 1.807) is 0 Å². The van der Waals surface area contributed by atoms with Gasteiger partial charge in [-0.3, -0.25) is 9.69 Å². The van der Waals surface area contributed by atoms with Gasteiger partial charge in [0.25, 0.3) is 0 Å². The molecule has 0 radical (unpaired) electrons. The topological polar surface area (TPSA) is 110 Å². The fourth-order valence-corrected chi connectivity index (χ4v) is 2.11. The van der Waals surface area contributed by atoms with E-state index in [1.165, 1.54) is 4.90 Å². The number of rotatable bonds is 6. The van der Waals surface area contributed by atoms with Crippen molar-refractivity contribution in [1.29, 1.82) is 0 Å². The van der Waals surface area contributed by atoms with E-state index >= 15 is 0 Å². The number of carbonyl (C=O) groups excluding carboxylic acids is 1. The number of amides is 2. The number of nitrogens with one attached hydrogen (secondary N) is 1. The summed E-state index contributed by atoms with van der Waals surface area (Å²) in [5, 5.41) is 19.7. The van der Waals surface area contributed by atoms with Crippen molar-refractivity contribution in [2.45, 2.75) is 25.8 Å². The van der Waals surface area contributed by atoms with Crippen LogP contribution >= 0.6 is 0 Å². The standard InChI is InChI=1S/C12H21N3O5/c1-2-3-14-4-6-15(7-5-14)12(20)13-9(11(18)19)8-10(16)17/h9H,2-8H2,1H3,(H,13,20)(H,16,17)(H,18,19)/t9-/m1/s1. The molecule has 1 heterocycles. The van der Waals surface area contributed by atoms with Crippen LogP contribution in [0.4, 0.5) is 4.79 Å². The molecule has 0 aromatic rings. The molecule has 20 heavy (non-hydrogen) atoms. The number of nitrogens with zero attached hydrogens (tertiary/aromatic N) is 2. The van der Waals surface area contributed by atoms with Gasteiger partial charge in [0, 0.05) is 26.2 Å². The Morgan fingerprint density at radius 2 is 1.75 bits per heavy atom. The van der Waals surface area contributed by atoms with Crippen molar-refractivity contribution in [3.63, 3.8) is 0 Å². The Morgan fingerprint density at radius 1 is 1.15 bits per heavy atom. The van der Waals surface area contributed by atoms with Crippen molar-refractivity contribution in [1.82, 2.24) is 15.1 Å². The second kappa shape index (κ2) is 7.68. The Balaban J connectivity index is 2.45. The summed E-state index contributed by atoms with van der Waals surface area (Å²) in [6, 6.07) is -1.91. The summed E-state index contributed by atoms with van der Waals surface area (Å²) in [6.45, 7) is 5.60. The molecule has 0 spiro atoms. The highest BCUT2D eigenvalue weighted by Crippen LogP contribution is 2.04. The van der Waals surface area contributed by atoms with E-state index in [0.29, 0.717) is 13.1 Å². The minimum absolute atomic E-state index is 0.519. The van der Waals surface area contributed by atoms with E-state index in [-0.39, 0.29) is 0 Å². The largest absolute Gasteiger partial charge is 0.481 e. The molecule has 1 saturated heterocycles. The average molecular weight is 287 g/mol. The molecular formula is C12H21N3O5. The molecule has 8 nitrogen and oxygen atoms in total. The molecule has 114 valence electrons. The number of carboxylic acids is 2. The van der Waals surface area contributed by atoms with Crippen LogP contribution in [0.15, 0.2) is 0 Å². The number of piperazine rings is 1. The van der Waals surface area contributed by atoms with E-state index in [9.17, 15) is 14.4 Å². The highest BCUT2D eigenvalue weighted by atomic mass is 16.4. The van der Waals surface area contributed by atoms with Crippen molar-refractivity contribution >= 4 is 18.0 Å². The lowest BCUT2D eigenvalue weighted by molar-refractivity contribution is -0.145. The molecule has 1 rings (SSSR count). The average Bonchev–Trinajstić information content (AvgIpc) is 2.38. The van der Waals surface area contributed by atoms with Gasteiger partial charge in [-0.15, -0.1) is 0 Å². The first-order valence-corrected chi connectivity index (χ1v) is 6.66. The minimum Gasteiger partial charge on any atom is -0.481 e. The fourth-order valence-electron chi connectivity index (χ4n) is 2.11. The zero-order chi connectivity index (χ0) is 15.1.